The largest absolute Gasteiger partial charge is 0.496 e. The number of ketones is 1. The van der Waals surface area contributed by atoms with Crippen molar-refractivity contribution in [3.05, 3.63) is 23.3 Å². The first kappa shape index (κ1) is 16.0. The molecule has 0 aliphatic rings. The van der Waals surface area contributed by atoms with E-state index < -0.39 is 11.9 Å². The normalized spacial score (nSPS) is 11.7. The van der Waals surface area contributed by atoms with Gasteiger partial charge in [-0.2, -0.15) is 0 Å². The summed E-state index contributed by atoms with van der Waals surface area (Å²) in [5, 5.41) is 0. The highest BCUT2D eigenvalue weighted by Gasteiger charge is 2.27. The number of carbonyl (C=O) groups is 2. The van der Waals surface area contributed by atoms with Gasteiger partial charge in [-0.3, -0.25) is 9.59 Å². The van der Waals surface area contributed by atoms with E-state index in [-0.39, 0.29) is 12.2 Å². The maximum Gasteiger partial charge on any atom is 0.313 e. The van der Waals surface area contributed by atoms with E-state index >= 15 is 0 Å². The van der Waals surface area contributed by atoms with E-state index in [9.17, 15) is 9.59 Å². The Bertz CT molecular complexity index is 507. The molecule has 1 unspecified atom stereocenters. The lowest BCUT2D eigenvalue weighted by molar-refractivity contribution is -0.143. The molecule has 5 heteroatoms. The Balaban J connectivity index is 3.36. The minimum atomic E-state index is -0.693. The van der Waals surface area contributed by atoms with Crippen LogP contribution >= 0.6 is 0 Å². The summed E-state index contributed by atoms with van der Waals surface area (Å²) >= 11 is 0. The SMILES string of the molecule is COC(=O)C(CC(C)=O)c1cc(OC)c(C)cc1OC. The van der Waals surface area contributed by atoms with Gasteiger partial charge in [-0.05, 0) is 31.5 Å². The Labute approximate surface area is 118 Å². The van der Waals surface area contributed by atoms with Crippen molar-refractivity contribution >= 4 is 11.8 Å². The van der Waals surface area contributed by atoms with Crippen molar-refractivity contribution in [3.63, 3.8) is 0 Å². The van der Waals surface area contributed by atoms with Crippen molar-refractivity contribution in [2.75, 3.05) is 21.3 Å². The minimum absolute atomic E-state index is 0.0647. The average Bonchev–Trinajstić information content (AvgIpc) is 2.43. The van der Waals surface area contributed by atoms with Crippen molar-refractivity contribution in [1.82, 2.24) is 0 Å². The van der Waals surface area contributed by atoms with Crippen molar-refractivity contribution in [3.8, 4) is 11.5 Å². The molecular weight excluding hydrogens is 260 g/mol. The van der Waals surface area contributed by atoms with Crippen LogP contribution in [0.4, 0.5) is 0 Å². The summed E-state index contributed by atoms with van der Waals surface area (Å²) in [5.41, 5.74) is 1.48. The van der Waals surface area contributed by atoms with E-state index in [4.69, 9.17) is 14.2 Å². The highest BCUT2D eigenvalue weighted by atomic mass is 16.5. The molecule has 0 spiro atoms. The van der Waals surface area contributed by atoms with Crippen molar-refractivity contribution in [2.45, 2.75) is 26.2 Å². The molecule has 0 fully saturated rings. The third-order valence-corrected chi connectivity index (χ3v) is 3.10. The van der Waals surface area contributed by atoms with Gasteiger partial charge in [-0.1, -0.05) is 0 Å². The van der Waals surface area contributed by atoms with Gasteiger partial charge in [0.2, 0.25) is 0 Å². The Morgan fingerprint density at radius 3 is 2.15 bits per heavy atom. The minimum Gasteiger partial charge on any atom is -0.496 e. The lowest BCUT2D eigenvalue weighted by Crippen LogP contribution is -2.18. The summed E-state index contributed by atoms with van der Waals surface area (Å²) in [4.78, 5) is 23.3. The molecule has 1 aromatic carbocycles. The van der Waals surface area contributed by atoms with E-state index in [0.29, 0.717) is 17.1 Å². The molecule has 0 aliphatic carbocycles. The van der Waals surface area contributed by atoms with E-state index in [1.54, 1.807) is 19.2 Å². The fourth-order valence-corrected chi connectivity index (χ4v) is 2.10. The molecule has 1 aromatic rings. The van der Waals surface area contributed by atoms with Crippen LogP contribution < -0.4 is 9.47 Å². The third-order valence-electron chi connectivity index (χ3n) is 3.10. The lowest BCUT2D eigenvalue weighted by atomic mass is 9.92. The van der Waals surface area contributed by atoms with Gasteiger partial charge in [0.25, 0.3) is 0 Å². The number of rotatable bonds is 6. The number of hydrogen-bond donors (Lipinski definition) is 0. The van der Waals surface area contributed by atoms with Crippen LogP contribution in [-0.2, 0) is 14.3 Å². The number of benzene rings is 1. The van der Waals surface area contributed by atoms with E-state index in [0.717, 1.165) is 5.56 Å². The van der Waals surface area contributed by atoms with Crippen molar-refractivity contribution in [1.29, 1.82) is 0 Å². The zero-order valence-electron chi connectivity index (χ0n) is 12.5. The topological polar surface area (TPSA) is 61.8 Å². The van der Waals surface area contributed by atoms with Crippen LogP contribution in [0, 0.1) is 6.92 Å². The molecule has 0 amide bonds. The van der Waals surface area contributed by atoms with Gasteiger partial charge in [0.1, 0.15) is 17.3 Å². The molecule has 0 saturated carbocycles. The Kier molecular flexibility index (Phi) is 5.55. The summed E-state index contributed by atoms with van der Waals surface area (Å²) in [6, 6.07) is 3.50. The molecule has 1 rings (SSSR count). The predicted octanol–water partition coefficient (Wildman–Crippen LogP) is 2.25. The molecule has 20 heavy (non-hydrogen) atoms. The summed E-state index contributed by atoms with van der Waals surface area (Å²) in [7, 11) is 4.37. The lowest BCUT2D eigenvalue weighted by Gasteiger charge is -2.19. The van der Waals surface area contributed by atoms with Gasteiger partial charge >= 0.3 is 5.97 Å². The van der Waals surface area contributed by atoms with Gasteiger partial charge in [0.05, 0.1) is 27.2 Å². The average molecular weight is 280 g/mol. The molecule has 110 valence electrons. The van der Waals surface area contributed by atoms with Crippen LogP contribution in [0.1, 0.15) is 30.4 Å². The van der Waals surface area contributed by atoms with Gasteiger partial charge in [-0.25, -0.2) is 0 Å². The summed E-state index contributed by atoms with van der Waals surface area (Å²) in [6.07, 6.45) is 0.0647. The molecule has 0 heterocycles. The Morgan fingerprint density at radius 2 is 1.70 bits per heavy atom. The zero-order chi connectivity index (χ0) is 15.3. The second-order valence-electron chi connectivity index (χ2n) is 4.55. The number of carbonyl (C=O) groups excluding carboxylic acids is 2. The van der Waals surface area contributed by atoms with Crippen LogP contribution in [0.5, 0.6) is 11.5 Å². The standard InChI is InChI=1S/C15H20O5/c1-9-6-14(19-4)11(8-13(9)18-3)12(7-10(2)16)15(17)20-5/h6,8,12H,7H2,1-5H3. The maximum absolute atomic E-state index is 11.9. The second-order valence-corrected chi connectivity index (χ2v) is 4.55. The second kappa shape index (κ2) is 6.93. The molecule has 0 radical (unpaired) electrons. The first-order valence-corrected chi connectivity index (χ1v) is 6.24. The molecule has 0 aliphatic heterocycles. The monoisotopic (exact) mass is 280 g/mol. The molecule has 0 bridgehead atoms. The Hall–Kier alpha value is -2.04. The molecule has 0 aromatic heterocycles. The van der Waals surface area contributed by atoms with E-state index in [1.165, 1.54) is 21.1 Å². The van der Waals surface area contributed by atoms with Crippen LogP contribution in [0.25, 0.3) is 0 Å². The zero-order valence-corrected chi connectivity index (χ0v) is 12.5. The fraction of sp³-hybridized carbons (Fsp3) is 0.467. The first-order chi connectivity index (χ1) is 9.44. The van der Waals surface area contributed by atoms with Crippen LogP contribution in [-0.4, -0.2) is 33.1 Å². The number of hydrogen-bond acceptors (Lipinski definition) is 5. The maximum atomic E-state index is 11.9. The van der Waals surface area contributed by atoms with Crippen molar-refractivity contribution < 1.29 is 23.8 Å². The summed E-state index contributed by atoms with van der Waals surface area (Å²) < 4.78 is 15.4. The number of methoxy groups -OCH3 is 3. The molecular formula is C15H20O5. The quantitative estimate of drug-likeness (QED) is 0.748. The number of esters is 1. The smallest absolute Gasteiger partial charge is 0.313 e. The number of ether oxygens (including phenoxy) is 3. The van der Waals surface area contributed by atoms with Crippen LogP contribution in [0.3, 0.4) is 0 Å². The van der Waals surface area contributed by atoms with Gasteiger partial charge in [0.15, 0.2) is 0 Å². The van der Waals surface area contributed by atoms with Gasteiger partial charge < -0.3 is 14.2 Å². The number of aryl methyl sites for hydroxylation is 1. The molecule has 5 nitrogen and oxygen atoms in total. The first-order valence-electron chi connectivity index (χ1n) is 6.24. The van der Waals surface area contributed by atoms with E-state index in [2.05, 4.69) is 0 Å². The molecule has 0 saturated heterocycles. The summed E-state index contributed by atoms with van der Waals surface area (Å²) in [5.74, 6) is -0.0773. The third kappa shape index (κ3) is 3.50. The fourth-order valence-electron chi connectivity index (χ4n) is 2.10. The summed E-state index contributed by atoms with van der Waals surface area (Å²) in [6.45, 7) is 3.32. The Morgan fingerprint density at radius 1 is 1.10 bits per heavy atom. The van der Waals surface area contributed by atoms with Crippen LogP contribution in [0.2, 0.25) is 0 Å². The van der Waals surface area contributed by atoms with Crippen molar-refractivity contribution in [2.24, 2.45) is 0 Å². The predicted molar refractivity (Wildman–Crippen MR) is 74.3 cm³/mol. The highest BCUT2D eigenvalue weighted by Crippen LogP contribution is 2.35. The number of Topliss-reactive ketones (excluding diaryl/α,β-unsaturated/α-hetero) is 1. The van der Waals surface area contributed by atoms with E-state index in [1.807, 2.05) is 6.92 Å². The molecule has 1 atom stereocenters. The van der Waals surface area contributed by atoms with Gasteiger partial charge in [0, 0.05) is 12.0 Å². The highest BCUT2D eigenvalue weighted by molar-refractivity contribution is 5.87. The van der Waals surface area contributed by atoms with Gasteiger partial charge in [-0.15, -0.1) is 0 Å². The van der Waals surface area contributed by atoms with Crippen LogP contribution in [0.15, 0.2) is 12.1 Å². The molecule has 0 N–H and O–H groups in total.